The van der Waals surface area contributed by atoms with Crippen LogP contribution < -0.4 is 19.5 Å². The number of amides is 1. The van der Waals surface area contributed by atoms with Gasteiger partial charge in [-0.05, 0) is 42.9 Å². The lowest BCUT2D eigenvalue weighted by Gasteiger charge is -2.15. The fraction of sp³-hybridized carbons (Fsp3) is 0.278. The molecule has 1 atom stereocenters. The van der Waals surface area contributed by atoms with Crippen LogP contribution in [0.15, 0.2) is 47.4 Å². The molecule has 2 rings (SSSR count). The van der Waals surface area contributed by atoms with Gasteiger partial charge in [-0.3, -0.25) is 4.79 Å². The number of methoxy groups -OCH3 is 1. The second-order valence-corrected chi connectivity index (χ2v) is 7.77. The Bertz CT molecular complexity index is 994. The Morgan fingerprint density at radius 2 is 1.80 bits per heavy atom. The van der Waals surface area contributed by atoms with Crippen molar-refractivity contribution in [1.82, 2.24) is 10.0 Å². The second kappa shape index (κ2) is 9.32. The number of ether oxygens (including phenoxy) is 2. The normalized spacial score (nSPS) is 12.9. The van der Waals surface area contributed by atoms with Crippen molar-refractivity contribution in [2.24, 2.45) is 0 Å². The summed E-state index contributed by atoms with van der Waals surface area (Å²) in [7, 11) is -1.39. The summed E-state index contributed by atoms with van der Waals surface area (Å²) in [5.74, 6) is -1.07. The molecule has 8 nitrogen and oxygen atoms in total. The van der Waals surface area contributed by atoms with E-state index in [1.807, 2.05) is 0 Å². The van der Waals surface area contributed by atoms with Gasteiger partial charge in [-0.1, -0.05) is 12.1 Å². The molecule has 2 aromatic rings. The first-order valence-corrected chi connectivity index (χ1v) is 9.88. The Morgan fingerprint density at radius 3 is 2.33 bits per heavy atom. The third kappa shape index (κ3) is 6.08. The van der Waals surface area contributed by atoms with Gasteiger partial charge in [-0.2, -0.15) is 0 Å². The van der Waals surface area contributed by atoms with E-state index in [0.717, 1.165) is 18.2 Å². The van der Waals surface area contributed by atoms with Crippen molar-refractivity contribution in [3.05, 3.63) is 53.6 Å². The minimum atomic E-state index is -4.83. The number of halogens is 3. The topological polar surface area (TPSA) is 114 Å². The molecule has 0 heterocycles. The van der Waals surface area contributed by atoms with Gasteiger partial charge in [0.1, 0.15) is 16.4 Å². The van der Waals surface area contributed by atoms with Crippen LogP contribution in [0.1, 0.15) is 22.0 Å². The van der Waals surface area contributed by atoms with Crippen molar-refractivity contribution in [2.75, 3.05) is 20.7 Å². The molecule has 0 saturated heterocycles. The molecule has 2 aromatic carbocycles. The summed E-state index contributed by atoms with van der Waals surface area (Å²) < 4.78 is 71.5. The van der Waals surface area contributed by atoms with E-state index in [1.54, 1.807) is 0 Å². The maximum Gasteiger partial charge on any atom is 0.573 e. The van der Waals surface area contributed by atoms with Crippen LogP contribution in [0.25, 0.3) is 0 Å². The molecule has 12 heteroatoms. The van der Waals surface area contributed by atoms with Gasteiger partial charge in [0.15, 0.2) is 0 Å². The zero-order valence-electron chi connectivity index (χ0n) is 15.9. The highest BCUT2D eigenvalue weighted by molar-refractivity contribution is 7.89. The summed E-state index contributed by atoms with van der Waals surface area (Å²) in [5, 5.41) is 12.6. The number of rotatable bonds is 8. The minimum absolute atomic E-state index is 0.00532. The van der Waals surface area contributed by atoms with Crippen molar-refractivity contribution >= 4 is 15.9 Å². The van der Waals surface area contributed by atoms with Gasteiger partial charge >= 0.3 is 6.36 Å². The Kier molecular flexibility index (Phi) is 7.29. The molecule has 0 aliphatic heterocycles. The molecule has 3 N–H and O–H groups in total. The van der Waals surface area contributed by atoms with Crippen LogP contribution in [0.5, 0.6) is 11.5 Å². The number of alkyl halides is 3. The number of carbonyl (C=O) groups excluding carboxylic acids is 1. The summed E-state index contributed by atoms with van der Waals surface area (Å²) in [6.07, 6.45) is -6.04. The molecule has 164 valence electrons. The van der Waals surface area contributed by atoms with Gasteiger partial charge in [0.2, 0.25) is 10.0 Å². The number of nitrogens with one attached hydrogen (secondary N) is 2. The van der Waals surface area contributed by atoms with Crippen molar-refractivity contribution < 1.29 is 41.0 Å². The van der Waals surface area contributed by atoms with Gasteiger partial charge < -0.3 is 19.9 Å². The first-order valence-electron chi connectivity index (χ1n) is 8.40. The van der Waals surface area contributed by atoms with E-state index in [1.165, 1.54) is 38.4 Å². The number of aliphatic hydroxyl groups excluding tert-OH is 1. The molecule has 0 bridgehead atoms. The van der Waals surface area contributed by atoms with E-state index in [2.05, 4.69) is 14.8 Å². The average Bonchev–Trinajstić information content (AvgIpc) is 2.70. The van der Waals surface area contributed by atoms with Gasteiger partial charge in [0.25, 0.3) is 5.91 Å². The molecule has 0 fully saturated rings. The minimum Gasteiger partial charge on any atom is -0.495 e. The lowest BCUT2D eigenvalue weighted by molar-refractivity contribution is -0.274. The quantitative estimate of drug-likeness (QED) is 0.569. The molecule has 0 aromatic heterocycles. The van der Waals surface area contributed by atoms with E-state index in [9.17, 15) is 31.5 Å². The van der Waals surface area contributed by atoms with Crippen LogP contribution in [0.4, 0.5) is 13.2 Å². The van der Waals surface area contributed by atoms with Crippen LogP contribution in [0, 0.1) is 0 Å². The average molecular weight is 448 g/mol. The Labute approximate surface area is 170 Å². The Morgan fingerprint density at radius 1 is 1.17 bits per heavy atom. The largest absolute Gasteiger partial charge is 0.573 e. The number of aliphatic hydroxyl groups is 1. The van der Waals surface area contributed by atoms with E-state index in [-0.39, 0.29) is 28.3 Å². The Balaban J connectivity index is 2.07. The summed E-state index contributed by atoms with van der Waals surface area (Å²) >= 11 is 0. The molecule has 0 aliphatic carbocycles. The number of benzene rings is 2. The molecule has 0 saturated carbocycles. The molecular weight excluding hydrogens is 429 g/mol. The lowest BCUT2D eigenvalue weighted by atomic mass is 10.1. The number of hydrogen-bond donors (Lipinski definition) is 3. The van der Waals surface area contributed by atoms with Crippen molar-refractivity contribution in [3.63, 3.8) is 0 Å². The highest BCUT2D eigenvalue weighted by Crippen LogP contribution is 2.26. The third-order valence-electron chi connectivity index (χ3n) is 3.94. The second-order valence-electron chi connectivity index (χ2n) is 5.92. The highest BCUT2D eigenvalue weighted by atomic mass is 32.2. The standard InChI is InChI=1S/C18H19F3N2O6S/c1-22-30(26,27)16-9-12(5-8-15(16)28-2)17(25)23-10-14(24)11-3-6-13(7-4-11)29-18(19,20)21/h3-9,14,22,24H,10H2,1-2H3,(H,23,25). The maximum atomic E-state index is 12.3. The van der Waals surface area contributed by atoms with Gasteiger partial charge in [-0.25, -0.2) is 13.1 Å². The molecule has 0 spiro atoms. The number of sulfonamides is 1. The number of hydrogen-bond acceptors (Lipinski definition) is 6. The Hall–Kier alpha value is -2.83. The monoisotopic (exact) mass is 448 g/mol. The molecule has 0 radical (unpaired) electrons. The van der Waals surface area contributed by atoms with Crippen LogP contribution in [0.2, 0.25) is 0 Å². The summed E-state index contributed by atoms with van der Waals surface area (Å²) in [4.78, 5) is 12.1. The van der Waals surface area contributed by atoms with Crippen molar-refractivity contribution in [1.29, 1.82) is 0 Å². The zero-order chi connectivity index (χ0) is 22.5. The van der Waals surface area contributed by atoms with Crippen LogP contribution >= 0.6 is 0 Å². The molecule has 1 amide bonds. The number of carbonyl (C=O) groups is 1. The van der Waals surface area contributed by atoms with E-state index >= 15 is 0 Å². The van der Waals surface area contributed by atoms with E-state index in [4.69, 9.17) is 4.74 Å². The molecular formula is C18H19F3N2O6S. The fourth-order valence-electron chi connectivity index (χ4n) is 2.44. The van der Waals surface area contributed by atoms with Crippen LogP contribution in [-0.2, 0) is 10.0 Å². The van der Waals surface area contributed by atoms with Crippen molar-refractivity contribution in [2.45, 2.75) is 17.4 Å². The predicted octanol–water partition coefficient (Wildman–Crippen LogP) is 1.97. The first-order chi connectivity index (χ1) is 14.0. The van der Waals surface area contributed by atoms with Crippen molar-refractivity contribution in [3.8, 4) is 11.5 Å². The third-order valence-corrected chi connectivity index (χ3v) is 5.37. The maximum absolute atomic E-state index is 12.3. The smallest absolute Gasteiger partial charge is 0.495 e. The summed E-state index contributed by atoms with van der Waals surface area (Å²) in [6.45, 7) is -0.265. The van der Waals surface area contributed by atoms with Crippen LogP contribution in [-0.4, -0.2) is 46.5 Å². The summed E-state index contributed by atoms with van der Waals surface area (Å²) in [5.41, 5.74) is 0.253. The fourth-order valence-corrected chi connectivity index (χ4v) is 3.36. The van der Waals surface area contributed by atoms with Gasteiger partial charge in [0.05, 0.1) is 13.2 Å². The van der Waals surface area contributed by atoms with Gasteiger partial charge in [0, 0.05) is 12.1 Å². The highest BCUT2D eigenvalue weighted by Gasteiger charge is 2.31. The molecule has 0 aliphatic rings. The zero-order valence-corrected chi connectivity index (χ0v) is 16.7. The molecule has 30 heavy (non-hydrogen) atoms. The SMILES string of the molecule is CNS(=O)(=O)c1cc(C(=O)NCC(O)c2ccc(OC(F)(F)F)cc2)ccc1OC. The van der Waals surface area contributed by atoms with Crippen LogP contribution in [0.3, 0.4) is 0 Å². The summed E-state index contributed by atoms with van der Waals surface area (Å²) in [6, 6.07) is 8.30. The predicted molar refractivity (Wildman–Crippen MR) is 99.7 cm³/mol. The van der Waals surface area contributed by atoms with Gasteiger partial charge in [-0.15, -0.1) is 13.2 Å². The first kappa shape index (κ1) is 23.4. The van der Waals surface area contributed by atoms with E-state index < -0.39 is 34.1 Å². The van der Waals surface area contributed by atoms with E-state index in [0.29, 0.717) is 0 Å². The lowest BCUT2D eigenvalue weighted by Crippen LogP contribution is -2.29. The molecule has 1 unspecified atom stereocenters.